The molecule has 2 unspecified atom stereocenters. The normalized spacial score (nSPS) is 11.2. The van der Waals surface area contributed by atoms with Crippen LogP contribution in [-0.2, 0) is 57.9 Å². The Morgan fingerprint density at radius 2 is 0.944 bits per heavy atom. The van der Waals surface area contributed by atoms with E-state index in [9.17, 15) is 15.0 Å². The average Bonchev–Trinajstić information content (AvgIpc) is 4.02. The molecule has 4 N–H and O–H groups in total. The van der Waals surface area contributed by atoms with Gasteiger partial charge in [0, 0.05) is 61.5 Å². The quantitative estimate of drug-likeness (QED) is 0.0263. The van der Waals surface area contributed by atoms with E-state index in [1.165, 1.54) is 35.1 Å². The molecule has 6 aromatic rings. The van der Waals surface area contributed by atoms with Crippen molar-refractivity contribution >= 4 is 82.5 Å². The molecule has 8 nitrogen and oxygen atoms in total. The van der Waals surface area contributed by atoms with Crippen LogP contribution in [0.15, 0.2) is 162 Å². The number of rotatable bonds is 15. The maximum atomic E-state index is 10.0. The number of benzene rings is 6. The predicted molar refractivity (Wildman–Crippen MR) is 312 cm³/mol. The van der Waals surface area contributed by atoms with Gasteiger partial charge < -0.3 is 56.4 Å². The smallest absolute Gasteiger partial charge is 1.00 e. The molecule has 0 aliphatic carbocycles. The molecule has 1 aliphatic heterocycles. The molecule has 0 aromatic heterocycles. The number of hydrogen-bond donors (Lipinski definition) is 4. The summed E-state index contributed by atoms with van der Waals surface area (Å²) in [4.78, 5) is 9.87. The summed E-state index contributed by atoms with van der Waals surface area (Å²) in [5.41, 5.74) is 9.18. The zero-order chi connectivity index (χ0) is 51.2. The number of ether oxygens (including phenoxy) is 3. The van der Waals surface area contributed by atoms with E-state index in [2.05, 4.69) is 135 Å². The van der Waals surface area contributed by atoms with Gasteiger partial charge in [0.2, 0.25) is 0 Å². The Bertz CT molecular complexity index is 1990. The van der Waals surface area contributed by atoms with Crippen LogP contribution in [0.5, 0.6) is 0 Å². The molecule has 0 radical (unpaired) electrons. The van der Waals surface area contributed by atoms with Crippen molar-refractivity contribution in [2.24, 2.45) is 0 Å². The molecule has 6 aromatic carbocycles. The minimum atomic E-state index is -0.740. The number of aliphatic hydroxyl groups excluding tert-OH is 4. The van der Waals surface area contributed by atoms with Gasteiger partial charge in [-0.15, -0.1) is 0 Å². The first-order valence-corrected chi connectivity index (χ1v) is 30.6. The number of carbonyl (C=O) groups excluding carboxylic acids is 1. The van der Waals surface area contributed by atoms with E-state index in [0.29, 0.717) is 19.8 Å². The first kappa shape index (κ1) is 73.1. The van der Waals surface area contributed by atoms with Gasteiger partial charge in [0.1, 0.15) is 25.1 Å². The van der Waals surface area contributed by atoms with Gasteiger partial charge in [-0.05, 0) is 90.1 Å². The second-order valence-electron chi connectivity index (χ2n) is 15.0. The second kappa shape index (κ2) is 52.7. The van der Waals surface area contributed by atoms with Gasteiger partial charge in [0.05, 0.1) is 26.4 Å². The number of halogens is 4. The molecule has 0 saturated carbocycles. The number of aldehydes is 1. The van der Waals surface area contributed by atoms with Crippen LogP contribution < -0.4 is 17.0 Å². The standard InChI is InChI=1S/C17H20O2.C10H14O2.C9H10O2.C8H9Br.C8H9.C4H8O.C2H6O.BrH.I2.Mg/c1-2-14-8-10-16(11-9-14)17(18)13-19-12-15-6-4-3-5-7-15;1-2-8-3-5-9(6-4-8)10(12)7-11;10-6-7-11-8-9-4-2-1-3-5-9;1-2-7-3-5-8(9)6-4-7;1-2-8-6-4-3-5-7-8;1-2-4-5-3-1;1-2-3;;1-2;/h3-11,17-18H,2,12-13H2,1H3;3-6,10-12H,2,7H2,1H3;1-6H,7-8H2;3-6H,2H2,1H3;4-7H,2H2,1H3;1-4H2;3H,2H2,1H3;1H;;/q;;;;-1;;;;;+2/p-1. The fourth-order valence-corrected chi connectivity index (χ4v) is 5.97. The maximum absolute atomic E-state index is 10.0. The number of carbonyl (C=O) groups is 1. The van der Waals surface area contributed by atoms with Gasteiger partial charge >= 0.3 is 23.1 Å². The Labute approximate surface area is 485 Å². The third kappa shape index (κ3) is 40.0. The van der Waals surface area contributed by atoms with Crippen LogP contribution in [0.2, 0.25) is 0 Å². The summed E-state index contributed by atoms with van der Waals surface area (Å²) in [7, 11) is 0. The van der Waals surface area contributed by atoms with Crippen LogP contribution in [-0.4, -0.2) is 89.4 Å². The summed E-state index contributed by atoms with van der Waals surface area (Å²) >= 11 is 7.61. The summed E-state index contributed by atoms with van der Waals surface area (Å²) in [6.45, 7) is 13.8. The van der Waals surface area contributed by atoms with Gasteiger partial charge in [-0.25, -0.2) is 0 Å². The topological polar surface area (TPSA) is 126 Å². The van der Waals surface area contributed by atoms with Gasteiger partial charge in [-0.1, -0.05) is 171 Å². The van der Waals surface area contributed by atoms with Crippen LogP contribution in [0.4, 0.5) is 0 Å². The molecule has 1 aliphatic rings. The van der Waals surface area contributed by atoms with E-state index < -0.39 is 12.2 Å². The van der Waals surface area contributed by atoms with E-state index in [1.807, 2.05) is 109 Å². The van der Waals surface area contributed by atoms with E-state index in [-0.39, 0.29) is 59.9 Å². The zero-order valence-electron chi connectivity index (χ0n) is 42.3. The fraction of sp³-hybridized carbons (Fsp3) is 0.362. The van der Waals surface area contributed by atoms with Gasteiger partial charge in [-0.2, -0.15) is 35.9 Å². The minimum absolute atomic E-state index is 0. The van der Waals surface area contributed by atoms with Crippen LogP contribution >= 0.6 is 53.2 Å². The summed E-state index contributed by atoms with van der Waals surface area (Å²) < 4.78 is 16.6. The van der Waals surface area contributed by atoms with Crippen LogP contribution in [0.1, 0.15) is 104 Å². The molecule has 2 atom stereocenters. The average molecular weight is 1340 g/mol. The van der Waals surface area contributed by atoms with Crippen LogP contribution in [0, 0.1) is 6.07 Å². The largest absolute Gasteiger partial charge is 2.00 e. The number of aliphatic hydroxyl groups is 4. The number of aryl methyl sites for hydroxylation is 4. The molecule has 1 fully saturated rings. The Balaban J connectivity index is -0.000000791. The van der Waals surface area contributed by atoms with Crippen molar-refractivity contribution in [3.63, 3.8) is 0 Å². The Morgan fingerprint density at radius 3 is 1.28 bits per heavy atom. The van der Waals surface area contributed by atoms with E-state index in [4.69, 9.17) is 24.4 Å². The summed E-state index contributed by atoms with van der Waals surface area (Å²) in [5.74, 6) is 0. The Kier molecular flexibility index (Phi) is 54.3. The Hall–Kier alpha value is -2.10. The second-order valence-corrected chi connectivity index (χ2v) is 15.9. The van der Waals surface area contributed by atoms with E-state index >= 15 is 0 Å². The van der Waals surface area contributed by atoms with Gasteiger partial charge in [0.15, 0.2) is 0 Å². The van der Waals surface area contributed by atoms with E-state index in [0.717, 1.165) is 71.9 Å². The molecule has 1 saturated heterocycles. The zero-order valence-corrected chi connectivity index (χ0v) is 51.2. The van der Waals surface area contributed by atoms with Crippen molar-refractivity contribution in [2.45, 2.75) is 98.6 Å². The summed E-state index contributed by atoms with van der Waals surface area (Å²) in [6, 6.07) is 54.8. The fourth-order valence-electron chi connectivity index (χ4n) is 5.70. The molecule has 386 valence electrons. The van der Waals surface area contributed by atoms with Crippen LogP contribution in [0.3, 0.4) is 0 Å². The predicted octanol–water partition coefficient (Wildman–Crippen LogP) is 10.4. The first-order chi connectivity index (χ1) is 33.7. The molecule has 0 spiro atoms. The van der Waals surface area contributed by atoms with Crippen LogP contribution in [0.25, 0.3) is 0 Å². The third-order valence-electron chi connectivity index (χ3n) is 9.75. The van der Waals surface area contributed by atoms with Gasteiger partial charge in [-0.3, -0.25) is 0 Å². The SMILES string of the molecule is C1CCOC1.CCO.CCc1cc[c-]cc1.CCc1ccc(Br)cc1.CCc1ccc(C(O)CO)cc1.CCc1ccc(C(O)COCc2ccccc2)cc1.II.O=CCOCc1ccccc1.[Br-].[Mg+2]. The van der Waals surface area contributed by atoms with Crippen molar-refractivity contribution in [3.05, 3.63) is 213 Å². The van der Waals surface area contributed by atoms with Crippen molar-refractivity contribution in [1.82, 2.24) is 0 Å². The van der Waals surface area contributed by atoms with Crippen molar-refractivity contribution in [3.8, 4) is 0 Å². The third-order valence-corrected chi connectivity index (χ3v) is 10.3. The molecule has 7 rings (SSSR count). The molecule has 13 heteroatoms. The van der Waals surface area contributed by atoms with Crippen molar-refractivity contribution < 1.29 is 56.4 Å². The monoisotopic (exact) mass is 1340 g/mol. The molecular formula is C58H76Br2I2MgO8. The molecule has 1 heterocycles. The van der Waals surface area contributed by atoms with Crippen molar-refractivity contribution in [2.75, 3.05) is 39.6 Å². The van der Waals surface area contributed by atoms with E-state index in [1.54, 1.807) is 6.92 Å². The summed E-state index contributed by atoms with van der Waals surface area (Å²) in [5, 5.41) is 35.5. The number of hydrogen-bond acceptors (Lipinski definition) is 8. The molecular weight excluding hydrogens is 1260 g/mol. The maximum Gasteiger partial charge on any atom is 2.00 e. The van der Waals surface area contributed by atoms with Gasteiger partial charge in [0.25, 0.3) is 0 Å². The summed E-state index contributed by atoms with van der Waals surface area (Å²) in [6.07, 6.45) is 6.26. The molecule has 0 bridgehead atoms. The van der Waals surface area contributed by atoms with Crippen molar-refractivity contribution in [1.29, 1.82) is 0 Å². The first-order valence-electron chi connectivity index (χ1n) is 23.5. The Morgan fingerprint density at radius 1 is 0.577 bits per heavy atom. The minimum Gasteiger partial charge on any atom is -1.00 e. The molecule has 71 heavy (non-hydrogen) atoms. The molecule has 0 amide bonds.